The van der Waals surface area contributed by atoms with Gasteiger partial charge in [-0.1, -0.05) is 187 Å². The molecule has 0 saturated heterocycles. The molecule has 49 heavy (non-hydrogen) atoms. The summed E-state index contributed by atoms with van der Waals surface area (Å²) in [7, 11) is 0. The molecule has 0 heterocycles. The van der Waals surface area contributed by atoms with E-state index in [2.05, 4.69) is 148 Å². The van der Waals surface area contributed by atoms with Gasteiger partial charge in [-0.2, -0.15) is 0 Å². The van der Waals surface area contributed by atoms with Crippen molar-refractivity contribution in [2.75, 3.05) is 0 Å². The van der Waals surface area contributed by atoms with Crippen molar-refractivity contribution in [2.24, 2.45) is 5.92 Å². The summed E-state index contributed by atoms with van der Waals surface area (Å²) in [6, 6.07) is 54.2. The number of hydrogen-bond acceptors (Lipinski definition) is 0. The third-order valence-corrected chi connectivity index (χ3v) is 8.00. The zero-order valence-electron chi connectivity index (χ0n) is 30.1. The van der Waals surface area contributed by atoms with Crippen LogP contribution in [-0.2, 0) is 0 Å². The Bertz CT molecular complexity index is 1850. The van der Waals surface area contributed by atoms with Crippen LogP contribution in [0.25, 0.3) is 21.9 Å². The maximum absolute atomic E-state index is 3.23. The molecule has 0 atom stereocenters. The minimum Gasteiger partial charge on any atom is -0.106 e. The Hall–Kier alpha value is -5.30. The van der Waals surface area contributed by atoms with Crippen LogP contribution in [0.15, 0.2) is 158 Å². The van der Waals surface area contributed by atoms with E-state index in [0.29, 0.717) is 0 Å². The molecule has 0 aromatic heterocycles. The monoisotopic (exact) mass is 640 g/mol. The molecule has 1 saturated carbocycles. The fourth-order valence-corrected chi connectivity index (χ4v) is 5.34. The Balaban J connectivity index is 0.000000168. The normalized spacial score (nSPS) is 11.4. The van der Waals surface area contributed by atoms with Gasteiger partial charge in [0.1, 0.15) is 0 Å². The van der Waals surface area contributed by atoms with Gasteiger partial charge in [-0.05, 0) is 81.5 Å². The summed E-state index contributed by atoms with van der Waals surface area (Å²) >= 11 is 0. The first-order valence-electron chi connectivity index (χ1n) is 17.5. The highest BCUT2D eigenvalue weighted by molar-refractivity contribution is 5.82. The fraction of sp³-hybridized carbons (Fsp3) is 0.224. The van der Waals surface area contributed by atoms with Crippen molar-refractivity contribution in [3.63, 3.8) is 0 Å². The van der Waals surface area contributed by atoms with Gasteiger partial charge in [-0.3, -0.25) is 0 Å². The van der Waals surface area contributed by atoms with Gasteiger partial charge in [0.25, 0.3) is 0 Å². The molecule has 0 heteroatoms. The molecule has 0 spiro atoms. The molecule has 1 aliphatic carbocycles. The summed E-state index contributed by atoms with van der Waals surface area (Å²) in [6.07, 6.45) is 6.93. The molecule has 0 N–H and O–H groups in total. The zero-order valence-corrected chi connectivity index (χ0v) is 30.1. The van der Waals surface area contributed by atoms with E-state index in [9.17, 15) is 0 Å². The van der Waals surface area contributed by atoms with Crippen LogP contribution in [0.1, 0.15) is 68.2 Å². The number of aryl methyl sites for hydroxylation is 3. The highest BCUT2D eigenvalue weighted by Gasteiger charge is 2.09. The van der Waals surface area contributed by atoms with Gasteiger partial charge in [0.15, 0.2) is 0 Å². The molecule has 0 amide bonds. The molecular weight excluding hydrogens is 589 g/mol. The van der Waals surface area contributed by atoms with Crippen LogP contribution in [0.5, 0.6) is 0 Å². The Morgan fingerprint density at radius 3 is 1.47 bits per heavy atom. The zero-order chi connectivity index (χ0) is 34.9. The summed E-state index contributed by atoms with van der Waals surface area (Å²) in [5.74, 6) is 12.8. The van der Waals surface area contributed by atoms with E-state index >= 15 is 0 Å². The quantitative estimate of drug-likeness (QED) is 0.157. The van der Waals surface area contributed by atoms with Crippen molar-refractivity contribution in [1.82, 2.24) is 0 Å². The van der Waals surface area contributed by atoms with Crippen LogP contribution in [0.3, 0.4) is 0 Å². The van der Waals surface area contributed by atoms with E-state index < -0.39 is 0 Å². The average molecular weight is 641 g/mol. The molecule has 1 aliphatic rings. The van der Waals surface area contributed by atoms with Crippen molar-refractivity contribution in [2.45, 2.75) is 66.7 Å². The second-order valence-corrected chi connectivity index (χ2v) is 12.2. The van der Waals surface area contributed by atoms with Gasteiger partial charge >= 0.3 is 0 Å². The lowest BCUT2D eigenvalue weighted by molar-refractivity contribution is 0.430. The van der Waals surface area contributed by atoms with Crippen LogP contribution >= 0.6 is 0 Å². The lowest BCUT2D eigenvalue weighted by atomic mass is 9.90. The van der Waals surface area contributed by atoms with Crippen LogP contribution in [0.2, 0.25) is 0 Å². The standard InChI is InChI=1S/C13H12.C11H10.C9H14.C9H8.C7H8/c1-11-7-9-13(10-8-11)12-5-3-2-4-6-12;1-9-6-7-10-4-2-3-5-11(10)8-9;2*1-2-6-9-7-4-3-5-8-9;1-7-5-3-2-4-6-7/h2-10H,1H3;2-8H,1H3;9H,3-5,7-8H2,1H3;3-5,7-8H,1H3;2-6H,1H3. The number of rotatable bonds is 1. The smallest absolute Gasteiger partial charge is 0.0245 e. The van der Waals surface area contributed by atoms with Crippen LogP contribution in [0.4, 0.5) is 0 Å². The maximum atomic E-state index is 3.23. The molecule has 6 aromatic carbocycles. The van der Waals surface area contributed by atoms with Gasteiger partial charge in [-0.25, -0.2) is 0 Å². The largest absolute Gasteiger partial charge is 0.106 e. The molecule has 7 rings (SSSR count). The maximum Gasteiger partial charge on any atom is 0.0245 e. The van der Waals surface area contributed by atoms with Crippen LogP contribution < -0.4 is 0 Å². The van der Waals surface area contributed by atoms with Gasteiger partial charge in [0, 0.05) is 11.5 Å². The van der Waals surface area contributed by atoms with Gasteiger partial charge in [-0.15, -0.1) is 17.8 Å². The number of benzene rings is 6. The van der Waals surface area contributed by atoms with Gasteiger partial charge in [0.05, 0.1) is 0 Å². The predicted octanol–water partition coefficient (Wildman–Crippen LogP) is 13.5. The second-order valence-electron chi connectivity index (χ2n) is 12.2. The van der Waals surface area contributed by atoms with Gasteiger partial charge in [0.2, 0.25) is 0 Å². The lowest BCUT2D eigenvalue weighted by Gasteiger charge is -2.15. The Kier molecular flexibility index (Phi) is 18.0. The van der Waals surface area contributed by atoms with E-state index in [-0.39, 0.29) is 0 Å². The van der Waals surface area contributed by atoms with E-state index in [4.69, 9.17) is 0 Å². The summed E-state index contributed by atoms with van der Waals surface area (Å²) in [4.78, 5) is 0. The highest BCUT2D eigenvalue weighted by Crippen LogP contribution is 2.22. The fourth-order valence-electron chi connectivity index (χ4n) is 5.34. The Morgan fingerprint density at radius 2 is 0.918 bits per heavy atom. The van der Waals surface area contributed by atoms with E-state index in [0.717, 1.165) is 11.5 Å². The van der Waals surface area contributed by atoms with Crippen molar-refractivity contribution in [1.29, 1.82) is 0 Å². The molecule has 0 nitrogen and oxygen atoms in total. The van der Waals surface area contributed by atoms with Gasteiger partial charge < -0.3 is 0 Å². The third kappa shape index (κ3) is 15.9. The first-order chi connectivity index (χ1) is 24.0. The summed E-state index contributed by atoms with van der Waals surface area (Å²) in [6.45, 7) is 10.1. The third-order valence-electron chi connectivity index (χ3n) is 8.00. The average Bonchev–Trinajstić information content (AvgIpc) is 3.15. The second kappa shape index (κ2) is 23.1. The first-order valence-corrected chi connectivity index (χ1v) is 17.5. The number of fused-ring (bicyclic) bond motifs is 1. The van der Waals surface area contributed by atoms with E-state index in [1.807, 2.05) is 68.4 Å². The Morgan fingerprint density at radius 1 is 0.429 bits per heavy atom. The molecule has 0 aliphatic heterocycles. The Labute approximate surface area is 297 Å². The van der Waals surface area contributed by atoms with Crippen molar-refractivity contribution in [3.05, 3.63) is 180 Å². The summed E-state index contributed by atoms with van der Waals surface area (Å²) < 4.78 is 0. The van der Waals surface area contributed by atoms with E-state index in [1.54, 1.807) is 0 Å². The molecular formula is C49H52. The topological polar surface area (TPSA) is 0 Å². The minimum atomic E-state index is 0.740. The van der Waals surface area contributed by atoms with E-state index in [1.165, 1.54) is 70.7 Å². The molecule has 6 aromatic rings. The molecule has 0 radical (unpaired) electrons. The van der Waals surface area contributed by atoms with Crippen LogP contribution in [0, 0.1) is 50.4 Å². The minimum absolute atomic E-state index is 0.740. The first kappa shape index (κ1) is 38.2. The SMILES string of the molecule is CC#CC1CCCCC1.CC#Cc1ccccc1.Cc1ccc(-c2ccccc2)cc1.Cc1ccc2ccccc2c1.Cc1ccccc1. The lowest BCUT2D eigenvalue weighted by Crippen LogP contribution is -2.02. The highest BCUT2D eigenvalue weighted by atomic mass is 14.1. The number of hydrogen-bond donors (Lipinski definition) is 0. The summed E-state index contributed by atoms with van der Waals surface area (Å²) in [5, 5.41) is 2.64. The summed E-state index contributed by atoms with van der Waals surface area (Å²) in [5.41, 5.74) is 7.60. The van der Waals surface area contributed by atoms with Crippen molar-refractivity contribution >= 4 is 10.8 Å². The molecule has 0 unspecified atom stereocenters. The molecule has 248 valence electrons. The van der Waals surface area contributed by atoms with Crippen molar-refractivity contribution in [3.8, 4) is 34.8 Å². The molecule has 0 bridgehead atoms. The molecule has 1 fully saturated rings. The van der Waals surface area contributed by atoms with Crippen LogP contribution in [-0.4, -0.2) is 0 Å². The predicted molar refractivity (Wildman–Crippen MR) is 215 cm³/mol. The van der Waals surface area contributed by atoms with Crippen molar-refractivity contribution < 1.29 is 0 Å².